The molecule has 0 amide bonds. The lowest BCUT2D eigenvalue weighted by Crippen LogP contribution is -2.52. The largest absolute Gasteiger partial charge is 0.462 e. The third-order valence-corrected chi connectivity index (χ3v) is 17.3. The predicted molar refractivity (Wildman–Crippen MR) is 208 cm³/mol. The van der Waals surface area contributed by atoms with Crippen molar-refractivity contribution in [3.63, 3.8) is 0 Å². The van der Waals surface area contributed by atoms with Gasteiger partial charge in [-0.2, -0.15) is 0 Å². The first-order chi connectivity index (χ1) is 21.8. The van der Waals surface area contributed by atoms with E-state index in [1.807, 2.05) is 0 Å². The van der Waals surface area contributed by atoms with Gasteiger partial charge >= 0.3 is 5.97 Å². The molecule has 8 heteroatoms. The molecule has 5 fully saturated rings. The number of nitrogen functional groups attached to an aromatic ring is 1. The molecule has 2 N–H and O–H groups in total. The Hall–Kier alpha value is 0.340. The minimum Gasteiger partial charge on any atom is -0.462 e. The summed E-state index contributed by atoms with van der Waals surface area (Å²) in [6.07, 6.45) is 14.6. The van der Waals surface area contributed by atoms with Gasteiger partial charge in [0.05, 0.1) is 24.3 Å². The molecular formula is C38H52I3NO4. The summed E-state index contributed by atoms with van der Waals surface area (Å²) in [5.74, 6) is 3.36. The van der Waals surface area contributed by atoms with Crippen LogP contribution in [0.15, 0.2) is 17.7 Å². The van der Waals surface area contributed by atoms with Crippen molar-refractivity contribution >= 4 is 79.4 Å². The maximum absolute atomic E-state index is 13.6. The molecule has 1 aromatic carbocycles. The van der Waals surface area contributed by atoms with Crippen LogP contribution in [0.4, 0.5) is 5.69 Å². The summed E-state index contributed by atoms with van der Waals surface area (Å²) >= 11 is 7.02. The molecule has 0 bridgehead atoms. The van der Waals surface area contributed by atoms with E-state index in [0.717, 1.165) is 69.3 Å². The van der Waals surface area contributed by atoms with Gasteiger partial charge in [0.25, 0.3) is 0 Å². The summed E-state index contributed by atoms with van der Waals surface area (Å²) in [5, 5.41) is 0. The molecule has 2 saturated heterocycles. The van der Waals surface area contributed by atoms with E-state index in [9.17, 15) is 4.79 Å². The first kappa shape index (κ1) is 34.8. The number of hydrogen-bond donors (Lipinski definition) is 1. The van der Waals surface area contributed by atoms with Crippen LogP contribution in [0.5, 0.6) is 0 Å². The first-order valence-corrected chi connectivity index (χ1v) is 21.2. The highest BCUT2D eigenvalue weighted by Gasteiger charge is 2.68. The second-order valence-corrected chi connectivity index (χ2v) is 19.8. The maximum atomic E-state index is 13.6. The van der Waals surface area contributed by atoms with Crippen molar-refractivity contribution < 1.29 is 19.0 Å². The molecule has 1 aromatic rings. The molecule has 7 rings (SSSR count). The summed E-state index contributed by atoms with van der Waals surface area (Å²) < 4.78 is 23.2. The number of esters is 1. The van der Waals surface area contributed by atoms with E-state index in [1.54, 1.807) is 5.57 Å². The second-order valence-electron chi connectivity index (χ2n) is 16.4. The Morgan fingerprint density at radius 3 is 2.59 bits per heavy atom. The normalized spacial score (nSPS) is 43.7. The smallest absolute Gasteiger partial charge is 0.309 e. The lowest BCUT2D eigenvalue weighted by atomic mass is 9.47. The van der Waals surface area contributed by atoms with E-state index in [0.29, 0.717) is 35.7 Å². The van der Waals surface area contributed by atoms with Gasteiger partial charge < -0.3 is 19.9 Å². The number of anilines is 1. The van der Waals surface area contributed by atoms with Crippen molar-refractivity contribution in [3.8, 4) is 0 Å². The summed E-state index contributed by atoms with van der Waals surface area (Å²) in [4.78, 5) is 13.6. The van der Waals surface area contributed by atoms with E-state index >= 15 is 0 Å². The van der Waals surface area contributed by atoms with Crippen molar-refractivity contribution in [2.24, 2.45) is 52.3 Å². The average Bonchev–Trinajstić information content (AvgIpc) is 3.47. The zero-order valence-electron chi connectivity index (χ0n) is 28.2. The van der Waals surface area contributed by atoms with Gasteiger partial charge in [0, 0.05) is 29.5 Å². The van der Waals surface area contributed by atoms with E-state index in [4.69, 9.17) is 19.9 Å². The second kappa shape index (κ2) is 12.8. The summed E-state index contributed by atoms with van der Waals surface area (Å²) in [6.45, 7) is 12.9. The van der Waals surface area contributed by atoms with Crippen LogP contribution in [-0.4, -0.2) is 30.6 Å². The Labute approximate surface area is 317 Å². The molecule has 4 aliphatic carbocycles. The van der Waals surface area contributed by atoms with Gasteiger partial charge in [-0.1, -0.05) is 46.3 Å². The summed E-state index contributed by atoms with van der Waals surface area (Å²) in [7, 11) is 0. The minimum absolute atomic E-state index is 0.0132. The molecule has 4 unspecified atom stereocenters. The monoisotopic (exact) mass is 967 g/mol. The van der Waals surface area contributed by atoms with Crippen molar-refractivity contribution in [2.75, 3.05) is 12.3 Å². The molecule has 1 spiro atoms. The molecule has 5 nitrogen and oxygen atoms in total. The fourth-order valence-electron chi connectivity index (χ4n) is 11.5. The lowest BCUT2D eigenvalue weighted by Gasteiger charge is -2.58. The molecule has 0 aromatic heterocycles. The highest BCUT2D eigenvalue weighted by atomic mass is 127. The Morgan fingerprint density at radius 1 is 1.09 bits per heavy atom. The van der Waals surface area contributed by atoms with Gasteiger partial charge in [-0.3, -0.25) is 4.79 Å². The van der Waals surface area contributed by atoms with Gasteiger partial charge in [0.15, 0.2) is 5.79 Å². The number of nitrogens with two attached hydrogens (primary N) is 1. The number of halogens is 3. The molecule has 254 valence electrons. The Balaban J connectivity index is 1.03. The highest BCUT2D eigenvalue weighted by Crippen LogP contribution is 2.70. The van der Waals surface area contributed by atoms with E-state index in [1.165, 1.54) is 41.2 Å². The Morgan fingerprint density at radius 2 is 1.87 bits per heavy atom. The summed E-state index contributed by atoms with van der Waals surface area (Å²) in [6, 6.07) is 2.12. The van der Waals surface area contributed by atoms with Crippen LogP contribution in [0.3, 0.4) is 0 Å². The van der Waals surface area contributed by atoms with E-state index in [2.05, 4.69) is 115 Å². The maximum Gasteiger partial charge on any atom is 0.309 e. The number of ether oxygens (including phenoxy) is 3. The molecule has 6 aliphatic rings. The van der Waals surface area contributed by atoms with Crippen LogP contribution >= 0.6 is 67.8 Å². The molecule has 2 aliphatic heterocycles. The van der Waals surface area contributed by atoms with Gasteiger partial charge in [-0.15, -0.1) is 0 Å². The van der Waals surface area contributed by atoms with Crippen LogP contribution in [0.2, 0.25) is 0 Å². The van der Waals surface area contributed by atoms with Crippen LogP contribution in [0.1, 0.15) is 104 Å². The standard InChI is InChI=1S/C38H52I3NO4/c1-6-22(15-26-29(39)18-30(40)34(42)33(26)41)35(43)45-24-10-12-36(4)23(16-24)7-8-25-27(36)11-13-37(5)28(25)17-31-32(37)21(3)38(46-31)14-9-20(2)19-44-38/h7,18,20-22,24-25,27-28,31-32H,6,8-17,19,42H2,1-5H3/t20-,21+,22?,24+,25?,27?,28?,31+,32+,36+,37+,38-/m1/s1. The number of carbonyl (C=O) groups excluding carboxylic acids is 1. The highest BCUT2D eigenvalue weighted by molar-refractivity contribution is 14.1. The minimum atomic E-state index is -0.338. The molecule has 0 radical (unpaired) electrons. The fourth-order valence-corrected chi connectivity index (χ4v) is 15.3. The zero-order chi connectivity index (χ0) is 32.8. The number of allylic oxidation sites excluding steroid dienone is 1. The number of benzene rings is 1. The number of hydrogen-bond acceptors (Lipinski definition) is 5. The van der Waals surface area contributed by atoms with Crippen LogP contribution in [-0.2, 0) is 25.4 Å². The van der Waals surface area contributed by atoms with E-state index in [-0.39, 0.29) is 29.2 Å². The Kier molecular flexibility index (Phi) is 9.70. The fraction of sp³-hybridized carbons (Fsp3) is 0.763. The average molecular weight is 968 g/mol. The third-order valence-electron chi connectivity index (χ3n) is 14.2. The van der Waals surface area contributed by atoms with Gasteiger partial charge in [0.1, 0.15) is 6.10 Å². The first-order valence-electron chi connectivity index (χ1n) is 17.9. The molecule has 46 heavy (non-hydrogen) atoms. The summed E-state index contributed by atoms with van der Waals surface area (Å²) in [5.41, 5.74) is 10.5. The van der Waals surface area contributed by atoms with Gasteiger partial charge in [-0.05, 0) is 178 Å². The van der Waals surface area contributed by atoms with Gasteiger partial charge in [0.2, 0.25) is 0 Å². The molecular weight excluding hydrogens is 915 g/mol. The van der Waals surface area contributed by atoms with Gasteiger partial charge in [-0.25, -0.2) is 0 Å². The number of fused-ring (bicyclic) bond motifs is 7. The third kappa shape index (κ3) is 5.56. The topological polar surface area (TPSA) is 70.8 Å². The van der Waals surface area contributed by atoms with Crippen LogP contribution < -0.4 is 5.73 Å². The lowest BCUT2D eigenvalue weighted by molar-refractivity contribution is -0.272. The quantitative estimate of drug-likeness (QED) is 0.138. The zero-order valence-corrected chi connectivity index (χ0v) is 34.7. The van der Waals surface area contributed by atoms with Crippen LogP contribution in [0.25, 0.3) is 0 Å². The molecule has 2 heterocycles. The van der Waals surface area contributed by atoms with Crippen molar-refractivity contribution in [1.29, 1.82) is 0 Å². The van der Waals surface area contributed by atoms with Crippen LogP contribution in [0, 0.1) is 63.0 Å². The van der Waals surface area contributed by atoms with Crippen molar-refractivity contribution in [3.05, 3.63) is 34.0 Å². The molecule has 12 atom stereocenters. The molecule has 3 saturated carbocycles. The Bertz CT molecular complexity index is 1410. The number of carbonyl (C=O) groups is 1. The van der Waals surface area contributed by atoms with Crippen molar-refractivity contribution in [1.82, 2.24) is 0 Å². The SMILES string of the molecule is CCC(Cc1c(I)cc(I)c(N)c1I)C(=O)O[C@H]1CC[C@@]2(C)C(=CCC3C2CC[C@@]2(C)C3C[C@@H]3O[C@]4(CC[C@@H](C)CO4)[C@@H](C)[C@@H]32)C1. The van der Waals surface area contributed by atoms with E-state index < -0.39 is 0 Å². The number of rotatable bonds is 5. The predicted octanol–water partition coefficient (Wildman–Crippen LogP) is 9.93. The van der Waals surface area contributed by atoms with Crippen molar-refractivity contribution in [2.45, 2.75) is 123 Å².